The van der Waals surface area contributed by atoms with Gasteiger partial charge in [-0.25, -0.2) is 0 Å². The quantitative estimate of drug-likeness (QED) is 0.475. The summed E-state index contributed by atoms with van der Waals surface area (Å²) in [7, 11) is 0. The van der Waals surface area contributed by atoms with Crippen LogP contribution in [-0.2, 0) is 0 Å². The normalized spacial score (nSPS) is 13.1. The van der Waals surface area contributed by atoms with Crippen LogP contribution >= 0.6 is 0 Å². The molecular weight excluding hydrogens is 348 g/mol. The van der Waals surface area contributed by atoms with Crippen molar-refractivity contribution in [3.05, 3.63) is 51.4 Å². The molecule has 0 heterocycles. The predicted octanol–water partition coefficient (Wildman–Crippen LogP) is 8.85. The highest BCUT2D eigenvalue weighted by molar-refractivity contribution is 5.63. The summed E-state index contributed by atoms with van der Waals surface area (Å²) in [6.45, 7) is 29.4. The standard InChI is InChI=1S/C19H24.C5H12.2C2H6.CH4/c1-13(2)18-10-15(4)16(5)19(12-18)11-17-9-7-6-8-14(17)3;1-4-5(2)3;2*1-2;/h10-12H,1,5-9H2,2-4H3;5H,4H2,1-3H3;2*1-2H3;1H4/b19-11-;;;;. The summed E-state index contributed by atoms with van der Waals surface area (Å²) < 4.78 is 0. The van der Waals surface area contributed by atoms with Gasteiger partial charge < -0.3 is 0 Å². The molecule has 0 spiro atoms. The first-order chi connectivity index (χ1) is 13.3. The van der Waals surface area contributed by atoms with E-state index < -0.39 is 0 Å². The van der Waals surface area contributed by atoms with Crippen molar-refractivity contribution in [3.63, 3.8) is 0 Å². The van der Waals surface area contributed by atoms with Crippen LogP contribution in [0.3, 0.4) is 0 Å². The monoisotopic (exact) mass is 400 g/mol. The second kappa shape index (κ2) is 18.5. The Bertz CT molecular complexity index is 698. The van der Waals surface area contributed by atoms with Gasteiger partial charge in [0.15, 0.2) is 0 Å². The van der Waals surface area contributed by atoms with E-state index in [0.717, 1.165) is 16.7 Å². The molecule has 0 bridgehead atoms. The Hall–Kier alpha value is -1.56. The van der Waals surface area contributed by atoms with E-state index in [1.54, 1.807) is 5.57 Å². The van der Waals surface area contributed by atoms with Crippen molar-refractivity contribution < 1.29 is 0 Å². The van der Waals surface area contributed by atoms with E-state index in [-0.39, 0.29) is 7.43 Å². The highest BCUT2D eigenvalue weighted by Crippen LogP contribution is 2.24. The molecule has 1 aliphatic rings. The van der Waals surface area contributed by atoms with Crippen LogP contribution < -0.4 is 10.4 Å². The predicted molar refractivity (Wildman–Crippen MR) is 141 cm³/mol. The minimum atomic E-state index is 0. The SMILES string of the molecule is C.C=C(C)c1cc(C)c(=C)/c(=C\C2=C(C)CCCC2)c1.CC.CC.CCC(C)C. The maximum Gasteiger partial charge on any atom is -0.0179 e. The number of rotatable bonds is 3. The zero-order chi connectivity index (χ0) is 22.3. The summed E-state index contributed by atoms with van der Waals surface area (Å²) >= 11 is 0. The molecule has 0 saturated carbocycles. The minimum absolute atomic E-state index is 0. The van der Waals surface area contributed by atoms with Crippen molar-refractivity contribution in [2.75, 3.05) is 0 Å². The Morgan fingerprint density at radius 2 is 1.52 bits per heavy atom. The van der Waals surface area contributed by atoms with Crippen LogP contribution in [0.1, 0.15) is 113 Å². The van der Waals surface area contributed by atoms with Gasteiger partial charge in [-0.15, -0.1) is 0 Å². The van der Waals surface area contributed by atoms with Crippen molar-refractivity contribution in [1.82, 2.24) is 0 Å². The van der Waals surface area contributed by atoms with Gasteiger partial charge in [-0.1, -0.05) is 98.8 Å². The van der Waals surface area contributed by atoms with Gasteiger partial charge in [-0.2, -0.15) is 0 Å². The molecule has 1 aromatic rings. The number of benzene rings is 1. The van der Waals surface area contributed by atoms with Gasteiger partial charge in [0.05, 0.1) is 0 Å². The number of hydrogen-bond acceptors (Lipinski definition) is 0. The molecule has 0 aromatic heterocycles. The third-order valence-electron chi connectivity index (χ3n) is 4.94. The van der Waals surface area contributed by atoms with Crippen LogP contribution in [0.5, 0.6) is 0 Å². The van der Waals surface area contributed by atoms with Crippen LogP contribution in [0, 0.1) is 12.8 Å². The van der Waals surface area contributed by atoms with Crippen molar-refractivity contribution in [2.45, 2.75) is 109 Å². The van der Waals surface area contributed by atoms with Crippen LogP contribution in [0.2, 0.25) is 0 Å². The Morgan fingerprint density at radius 3 is 1.93 bits per heavy atom. The lowest BCUT2D eigenvalue weighted by atomic mass is 9.91. The van der Waals surface area contributed by atoms with E-state index in [4.69, 9.17) is 0 Å². The van der Waals surface area contributed by atoms with Crippen LogP contribution in [-0.4, -0.2) is 0 Å². The molecule has 1 aromatic carbocycles. The Balaban J connectivity index is -0.000000583. The Kier molecular flexibility index (Phi) is 20.5. The molecule has 0 unspecified atom stereocenters. The van der Waals surface area contributed by atoms with Crippen molar-refractivity contribution in [3.8, 4) is 0 Å². The van der Waals surface area contributed by atoms with E-state index in [1.807, 2.05) is 27.7 Å². The second-order valence-electron chi connectivity index (χ2n) is 7.60. The maximum atomic E-state index is 4.23. The van der Waals surface area contributed by atoms with Crippen LogP contribution in [0.25, 0.3) is 18.2 Å². The van der Waals surface area contributed by atoms with Gasteiger partial charge in [0.2, 0.25) is 0 Å². The second-order valence-corrected chi connectivity index (χ2v) is 7.60. The van der Waals surface area contributed by atoms with Crippen LogP contribution in [0.15, 0.2) is 29.9 Å². The smallest absolute Gasteiger partial charge is 0.0179 e. The van der Waals surface area contributed by atoms with Gasteiger partial charge >= 0.3 is 0 Å². The van der Waals surface area contributed by atoms with Gasteiger partial charge in [0.1, 0.15) is 0 Å². The van der Waals surface area contributed by atoms with E-state index in [0.29, 0.717) is 0 Å². The molecule has 29 heavy (non-hydrogen) atoms. The fourth-order valence-electron chi connectivity index (χ4n) is 2.68. The first-order valence-electron chi connectivity index (χ1n) is 11.4. The molecule has 0 atom stereocenters. The minimum Gasteiger partial charge on any atom is -0.0955 e. The molecule has 0 amide bonds. The van der Waals surface area contributed by atoms with E-state index in [2.05, 4.69) is 72.9 Å². The number of hydrogen-bond donors (Lipinski definition) is 0. The molecule has 0 radical (unpaired) electrons. The molecule has 0 heteroatoms. The average Bonchev–Trinajstić information content (AvgIpc) is 2.70. The Labute approximate surface area is 184 Å². The van der Waals surface area contributed by atoms with Crippen molar-refractivity contribution in [1.29, 1.82) is 0 Å². The third-order valence-corrected chi connectivity index (χ3v) is 4.94. The molecule has 2 rings (SSSR count). The molecular formula is C29H52. The van der Waals surface area contributed by atoms with E-state index in [1.165, 1.54) is 54.0 Å². The fraction of sp³-hybridized carbons (Fsp3) is 0.586. The third kappa shape index (κ3) is 12.6. The first-order valence-corrected chi connectivity index (χ1v) is 11.4. The van der Waals surface area contributed by atoms with Gasteiger partial charge in [-0.05, 0) is 85.6 Å². The van der Waals surface area contributed by atoms with Crippen LogP contribution in [0.4, 0.5) is 0 Å². The number of aryl methyl sites for hydroxylation is 1. The zero-order valence-electron chi connectivity index (χ0n) is 20.8. The molecule has 0 saturated heterocycles. The van der Waals surface area contributed by atoms with Crippen molar-refractivity contribution >= 4 is 18.2 Å². The highest BCUT2D eigenvalue weighted by Gasteiger charge is 2.07. The van der Waals surface area contributed by atoms with Crippen molar-refractivity contribution in [2.24, 2.45) is 5.92 Å². The molecule has 168 valence electrons. The molecule has 0 fully saturated rings. The Morgan fingerprint density at radius 1 is 1.03 bits per heavy atom. The molecule has 0 aliphatic heterocycles. The van der Waals surface area contributed by atoms with E-state index >= 15 is 0 Å². The topological polar surface area (TPSA) is 0 Å². The molecule has 0 N–H and O–H groups in total. The lowest BCUT2D eigenvalue weighted by Gasteiger charge is -2.15. The van der Waals surface area contributed by atoms with Gasteiger partial charge in [0, 0.05) is 0 Å². The maximum absolute atomic E-state index is 4.23. The fourth-order valence-corrected chi connectivity index (χ4v) is 2.68. The molecule has 0 nitrogen and oxygen atoms in total. The van der Waals surface area contributed by atoms with E-state index in [9.17, 15) is 0 Å². The summed E-state index contributed by atoms with van der Waals surface area (Å²) in [5.41, 5.74) is 6.65. The zero-order valence-corrected chi connectivity index (χ0v) is 20.8. The lowest BCUT2D eigenvalue weighted by molar-refractivity contribution is 0.626. The average molecular weight is 401 g/mol. The summed E-state index contributed by atoms with van der Waals surface area (Å²) in [4.78, 5) is 0. The largest absolute Gasteiger partial charge is 0.0955 e. The van der Waals surface area contributed by atoms with Gasteiger partial charge in [-0.3, -0.25) is 0 Å². The highest BCUT2D eigenvalue weighted by atomic mass is 14.1. The summed E-state index contributed by atoms with van der Waals surface area (Å²) in [5.74, 6) is 0.884. The number of allylic oxidation sites excluding steroid dienone is 3. The first kappa shape index (κ1) is 32.1. The lowest BCUT2D eigenvalue weighted by Crippen LogP contribution is -2.26. The summed E-state index contributed by atoms with van der Waals surface area (Å²) in [5, 5.41) is 2.41. The molecule has 1 aliphatic carbocycles. The summed E-state index contributed by atoms with van der Waals surface area (Å²) in [6, 6.07) is 4.41. The summed E-state index contributed by atoms with van der Waals surface area (Å²) in [6.07, 6.45) is 8.76. The van der Waals surface area contributed by atoms with Gasteiger partial charge in [0.25, 0.3) is 0 Å².